The molecule has 0 radical (unpaired) electrons. The Morgan fingerprint density at radius 2 is 2.22 bits per heavy atom. The van der Waals surface area contributed by atoms with Crippen molar-refractivity contribution in [2.24, 2.45) is 5.92 Å². The largest absolute Gasteiger partial charge is 0.399 e. The van der Waals surface area contributed by atoms with Gasteiger partial charge in [0.05, 0.1) is 5.52 Å². The number of pyridine rings is 1. The number of nitrogens with two attached hydrogens (primary N) is 1. The van der Waals surface area contributed by atoms with Crippen LogP contribution in [0, 0.1) is 5.92 Å². The molecule has 0 aliphatic heterocycles. The van der Waals surface area contributed by atoms with E-state index in [0.717, 1.165) is 35.2 Å². The second-order valence-electron chi connectivity index (χ2n) is 4.63. The van der Waals surface area contributed by atoms with Crippen molar-refractivity contribution in [2.75, 3.05) is 24.2 Å². The van der Waals surface area contributed by atoms with Crippen LogP contribution < -0.4 is 11.1 Å². The van der Waals surface area contributed by atoms with Crippen molar-refractivity contribution < 1.29 is 5.11 Å². The molecule has 1 atom stereocenters. The van der Waals surface area contributed by atoms with Gasteiger partial charge in [-0.2, -0.15) is 0 Å². The van der Waals surface area contributed by atoms with Crippen molar-refractivity contribution in [1.82, 2.24) is 4.98 Å². The normalized spacial score (nSPS) is 12.6. The quantitative estimate of drug-likeness (QED) is 0.706. The topological polar surface area (TPSA) is 71.2 Å². The van der Waals surface area contributed by atoms with E-state index in [1.807, 2.05) is 24.3 Å². The lowest BCUT2D eigenvalue weighted by atomic mass is 10.1. The highest BCUT2D eigenvalue weighted by atomic mass is 16.3. The third-order valence-corrected chi connectivity index (χ3v) is 3.03. The van der Waals surface area contributed by atoms with Crippen LogP contribution in [0.5, 0.6) is 0 Å². The lowest BCUT2D eigenvalue weighted by Gasteiger charge is -2.14. The molecule has 4 N–H and O–H groups in total. The van der Waals surface area contributed by atoms with Crippen LogP contribution >= 0.6 is 0 Å². The summed E-state index contributed by atoms with van der Waals surface area (Å²) in [5.41, 5.74) is 8.43. The van der Waals surface area contributed by atoms with E-state index in [1.165, 1.54) is 0 Å². The van der Waals surface area contributed by atoms with E-state index in [0.29, 0.717) is 5.92 Å². The van der Waals surface area contributed by atoms with E-state index in [2.05, 4.69) is 17.2 Å². The van der Waals surface area contributed by atoms with E-state index in [9.17, 15) is 0 Å². The Labute approximate surface area is 107 Å². The predicted molar refractivity (Wildman–Crippen MR) is 75.5 cm³/mol. The van der Waals surface area contributed by atoms with E-state index < -0.39 is 0 Å². The maximum Gasteiger partial charge on any atom is 0.0743 e. The van der Waals surface area contributed by atoms with Gasteiger partial charge in [-0.1, -0.05) is 6.92 Å². The number of hydrogen-bond donors (Lipinski definition) is 3. The monoisotopic (exact) mass is 245 g/mol. The van der Waals surface area contributed by atoms with E-state index in [1.54, 1.807) is 6.20 Å². The van der Waals surface area contributed by atoms with Crippen molar-refractivity contribution in [2.45, 2.75) is 13.3 Å². The summed E-state index contributed by atoms with van der Waals surface area (Å²) >= 11 is 0. The number of benzene rings is 1. The predicted octanol–water partition coefficient (Wildman–Crippen LogP) is 2.25. The second-order valence-corrected chi connectivity index (χ2v) is 4.63. The molecule has 1 aromatic carbocycles. The van der Waals surface area contributed by atoms with Gasteiger partial charge in [0.15, 0.2) is 0 Å². The lowest BCUT2D eigenvalue weighted by molar-refractivity contribution is 0.266. The fraction of sp³-hybridized carbons (Fsp3) is 0.357. The first-order valence-corrected chi connectivity index (χ1v) is 6.19. The lowest BCUT2D eigenvalue weighted by Crippen LogP contribution is -2.12. The van der Waals surface area contributed by atoms with Crippen LogP contribution in [0.25, 0.3) is 10.9 Å². The summed E-state index contributed by atoms with van der Waals surface area (Å²) in [6.45, 7) is 3.19. The van der Waals surface area contributed by atoms with Gasteiger partial charge >= 0.3 is 0 Å². The molecule has 2 rings (SSSR count). The molecular weight excluding hydrogens is 226 g/mol. The number of aromatic nitrogens is 1. The SMILES string of the molecule is CC(CCO)CNc1ccnc2cc(N)ccc12. The molecular formula is C14H19N3O. The molecule has 0 spiro atoms. The summed E-state index contributed by atoms with van der Waals surface area (Å²) in [5.74, 6) is 0.437. The summed E-state index contributed by atoms with van der Waals surface area (Å²) < 4.78 is 0. The van der Waals surface area contributed by atoms with E-state index in [4.69, 9.17) is 10.8 Å². The number of anilines is 2. The summed E-state index contributed by atoms with van der Waals surface area (Å²) in [5, 5.41) is 13.4. The third kappa shape index (κ3) is 2.90. The van der Waals surface area contributed by atoms with Crippen molar-refractivity contribution in [3.8, 4) is 0 Å². The number of aliphatic hydroxyl groups is 1. The van der Waals surface area contributed by atoms with Crippen molar-refractivity contribution >= 4 is 22.3 Å². The summed E-state index contributed by atoms with van der Waals surface area (Å²) in [4.78, 5) is 4.31. The molecule has 0 aliphatic rings. The molecule has 4 nitrogen and oxygen atoms in total. The highest BCUT2D eigenvalue weighted by Crippen LogP contribution is 2.23. The van der Waals surface area contributed by atoms with Crippen LogP contribution in [-0.4, -0.2) is 23.2 Å². The number of hydrogen-bond acceptors (Lipinski definition) is 4. The third-order valence-electron chi connectivity index (χ3n) is 3.03. The van der Waals surface area contributed by atoms with Gasteiger partial charge in [0.25, 0.3) is 0 Å². The summed E-state index contributed by atoms with van der Waals surface area (Å²) in [6, 6.07) is 7.70. The molecule has 4 heteroatoms. The Hall–Kier alpha value is -1.81. The minimum absolute atomic E-state index is 0.233. The molecule has 0 aliphatic carbocycles. The fourth-order valence-corrected chi connectivity index (χ4v) is 1.93. The Bertz CT molecular complexity index is 527. The first-order valence-electron chi connectivity index (χ1n) is 6.19. The first-order chi connectivity index (χ1) is 8.70. The molecule has 0 saturated carbocycles. The molecule has 2 aromatic rings. The van der Waals surface area contributed by atoms with Crippen LogP contribution in [0.1, 0.15) is 13.3 Å². The second kappa shape index (κ2) is 5.69. The standard InChI is InChI=1S/C14H19N3O/c1-10(5-7-18)9-17-13-4-6-16-14-8-11(15)2-3-12(13)14/h2-4,6,8,10,18H,5,7,9,15H2,1H3,(H,16,17). The Kier molecular flexibility index (Phi) is 3.99. The maximum absolute atomic E-state index is 8.88. The number of aliphatic hydroxyl groups excluding tert-OH is 1. The zero-order chi connectivity index (χ0) is 13.0. The van der Waals surface area contributed by atoms with E-state index >= 15 is 0 Å². The summed E-state index contributed by atoms with van der Waals surface area (Å²) in [7, 11) is 0. The first kappa shape index (κ1) is 12.6. The summed E-state index contributed by atoms with van der Waals surface area (Å²) in [6.07, 6.45) is 2.59. The zero-order valence-electron chi connectivity index (χ0n) is 10.6. The number of nitrogen functional groups attached to an aromatic ring is 1. The van der Waals surface area contributed by atoms with E-state index in [-0.39, 0.29) is 6.61 Å². The van der Waals surface area contributed by atoms with Gasteiger partial charge in [0.1, 0.15) is 0 Å². The number of nitrogens with one attached hydrogen (secondary N) is 1. The molecule has 0 fully saturated rings. The van der Waals surface area contributed by atoms with Crippen molar-refractivity contribution in [1.29, 1.82) is 0 Å². The average molecular weight is 245 g/mol. The van der Waals surface area contributed by atoms with Gasteiger partial charge in [-0.3, -0.25) is 4.98 Å². The molecule has 96 valence electrons. The highest BCUT2D eigenvalue weighted by Gasteiger charge is 2.04. The minimum atomic E-state index is 0.233. The van der Waals surface area contributed by atoms with Crippen molar-refractivity contribution in [3.05, 3.63) is 30.5 Å². The fourth-order valence-electron chi connectivity index (χ4n) is 1.93. The molecule has 0 saturated heterocycles. The van der Waals surface area contributed by atoms with Crippen LogP contribution in [-0.2, 0) is 0 Å². The van der Waals surface area contributed by atoms with Crippen molar-refractivity contribution in [3.63, 3.8) is 0 Å². The van der Waals surface area contributed by atoms with Gasteiger partial charge in [0.2, 0.25) is 0 Å². The zero-order valence-corrected chi connectivity index (χ0v) is 10.6. The number of fused-ring (bicyclic) bond motifs is 1. The molecule has 1 aromatic heterocycles. The van der Waals surface area contributed by atoms with Gasteiger partial charge < -0.3 is 16.2 Å². The minimum Gasteiger partial charge on any atom is -0.399 e. The van der Waals surface area contributed by atoms with Crippen LogP contribution in [0.3, 0.4) is 0 Å². The number of rotatable bonds is 5. The molecule has 18 heavy (non-hydrogen) atoms. The van der Waals surface area contributed by atoms with Crippen LogP contribution in [0.4, 0.5) is 11.4 Å². The molecule has 1 heterocycles. The maximum atomic E-state index is 8.88. The van der Waals surface area contributed by atoms with Gasteiger partial charge in [-0.05, 0) is 36.6 Å². The Morgan fingerprint density at radius 1 is 1.39 bits per heavy atom. The van der Waals surface area contributed by atoms with Gasteiger partial charge in [0, 0.05) is 36.1 Å². The smallest absolute Gasteiger partial charge is 0.0743 e. The van der Waals surface area contributed by atoms with Gasteiger partial charge in [-0.15, -0.1) is 0 Å². The Balaban J connectivity index is 2.18. The number of nitrogens with zero attached hydrogens (tertiary/aromatic N) is 1. The molecule has 1 unspecified atom stereocenters. The van der Waals surface area contributed by atoms with Crippen LogP contribution in [0.15, 0.2) is 30.5 Å². The molecule has 0 amide bonds. The van der Waals surface area contributed by atoms with Gasteiger partial charge in [-0.25, -0.2) is 0 Å². The average Bonchev–Trinajstić information content (AvgIpc) is 2.36. The highest BCUT2D eigenvalue weighted by molar-refractivity contribution is 5.92. The molecule has 0 bridgehead atoms. The Morgan fingerprint density at radius 3 is 3.00 bits per heavy atom. The van der Waals surface area contributed by atoms with Crippen LogP contribution in [0.2, 0.25) is 0 Å².